The van der Waals surface area contributed by atoms with Crippen molar-refractivity contribution in [2.45, 2.75) is 5.54 Å². The van der Waals surface area contributed by atoms with E-state index in [-0.39, 0.29) is 19.8 Å². The lowest BCUT2D eigenvalue weighted by atomic mass is 10.0. The molecule has 0 saturated heterocycles. The molecule has 0 aromatic carbocycles. The maximum Gasteiger partial charge on any atom is 0.113 e. The maximum absolute atomic E-state index is 9.13. The third-order valence-corrected chi connectivity index (χ3v) is 2.50. The maximum atomic E-state index is 9.13. The first kappa shape index (κ1) is 11.3. The largest absolute Gasteiger partial charge is 0.394 e. The molecule has 0 amide bonds. The van der Waals surface area contributed by atoms with Crippen LogP contribution in [-0.4, -0.2) is 39.7 Å². The minimum Gasteiger partial charge on any atom is -0.394 e. The smallest absolute Gasteiger partial charge is 0.113 e. The van der Waals surface area contributed by atoms with Crippen LogP contribution in [0, 0.1) is 4.51 Å². The van der Waals surface area contributed by atoms with Gasteiger partial charge in [-0.3, -0.25) is 0 Å². The molecule has 0 aliphatic heterocycles. The second-order valence-corrected chi connectivity index (χ2v) is 3.61. The van der Waals surface area contributed by atoms with Gasteiger partial charge in [-0.05, 0) is 12.1 Å². The first-order valence-electron chi connectivity index (χ1n) is 4.20. The Labute approximate surface area is 87.1 Å². The van der Waals surface area contributed by atoms with Crippen LogP contribution >= 0.6 is 12.2 Å². The number of rotatable bonds is 4. The summed E-state index contributed by atoms with van der Waals surface area (Å²) in [6, 6.07) is 3.34. The van der Waals surface area contributed by atoms with Crippen molar-refractivity contribution in [1.82, 2.24) is 4.57 Å². The molecule has 0 unspecified atom stereocenters. The normalized spacial score (nSPS) is 11.6. The Bertz CT molecular complexity index is 317. The van der Waals surface area contributed by atoms with Crippen molar-refractivity contribution in [3.05, 3.63) is 29.0 Å². The first-order valence-corrected chi connectivity index (χ1v) is 4.61. The Hall–Kier alpha value is -0.750. The molecule has 4 nitrogen and oxygen atoms in total. The van der Waals surface area contributed by atoms with Gasteiger partial charge in [-0.1, -0.05) is 12.2 Å². The molecule has 0 saturated carbocycles. The van der Waals surface area contributed by atoms with Crippen LogP contribution in [0.2, 0.25) is 0 Å². The second kappa shape index (κ2) is 4.65. The van der Waals surface area contributed by atoms with E-state index < -0.39 is 5.54 Å². The van der Waals surface area contributed by atoms with Crippen LogP contribution in [0.15, 0.2) is 24.5 Å². The minimum absolute atomic E-state index is 0.332. The van der Waals surface area contributed by atoms with Gasteiger partial charge in [0.15, 0.2) is 0 Å². The Balaban J connectivity index is 3.11. The Morgan fingerprint density at radius 3 is 1.86 bits per heavy atom. The molecule has 1 rings (SSSR count). The van der Waals surface area contributed by atoms with Gasteiger partial charge in [-0.25, -0.2) is 0 Å². The monoisotopic (exact) mass is 215 g/mol. The standard InChI is InChI=1S/C9H13NO3S/c11-5-9(6-12,7-13)10-3-1-8(14)2-4-10/h1-4,11-13H,5-7H2. The highest BCUT2D eigenvalue weighted by Gasteiger charge is 2.28. The zero-order chi connectivity index (χ0) is 10.6. The molecule has 0 aliphatic rings. The molecule has 1 aromatic heterocycles. The minimum atomic E-state index is -1.05. The lowest BCUT2D eigenvalue weighted by Crippen LogP contribution is -2.44. The van der Waals surface area contributed by atoms with E-state index in [0.29, 0.717) is 4.51 Å². The highest BCUT2D eigenvalue weighted by atomic mass is 32.1. The van der Waals surface area contributed by atoms with E-state index >= 15 is 0 Å². The van der Waals surface area contributed by atoms with Gasteiger partial charge in [0.2, 0.25) is 0 Å². The molecule has 5 heteroatoms. The Kier molecular flexibility index (Phi) is 3.77. The number of aliphatic hydroxyl groups is 3. The fourth-order valence-electron chi connectivity index (χ4n) is 1.12. The molecule has 0 fully saturated rings. The summed E-state index contributed by atoms with van der Waals surface area (Å²) in [6.45, 7) is -0.996. The highest BCUT2D eigenvalue weighted by molar-refractivity contribution is 7.71. The average Bonchev–Trinajstić information content (AvgIpc) is 2.24. The van der Waals surface area contributed by atoms with Gasteiger partial charge < -0.3 is 19.9 Å². The van der Waals surface area contributed by atoms with Gasteiger partial charge in [-0.15, -0.1) is 0 Å². The number of aliphatic hydroxyl groups excluding tert-OH is 3. The van der Waals surface area contributed by atoms with E-state index in [1.165, 1.54) is 0 Å². The molecule has 0 atom stereocenters. The molecule has 3 N–H and O–H groups in total. The van der Waals surface area contributed by atoms with E-state index in [4.69, 9.17) is 27.5 Å². The molecular formula is C9H13NO3S. The average molecular weight is 215 g/mol. The Morgan fingerprint density at radius 1 is 1.07 bits per heavy atom. The van der Waals surface area contributed by atoms with Crippen molar-refractivity contribution in [2.75, 3.05) is 19.8 Å². The van der Waals surface area contributed by atoms with Gasteiger partial charge >= 0.3 is 0 Å². The van der Waals surface area contributed by atoms with Crippen LogP contribution in [0.25, 0.3) is 0 Å². The van der Waals surface area contributed by atoms with Crippen LogP contribution in [-0.2, 0) is 5.54 Å². The predicted molar refractivity (Wildman–Crippen MR) is 54.5 cm³/mol. The van der Waals surface area contributed by atoms with Gasteiger partial charge in [0.25, 0.3) is 0 Å². The summed E-state index contributed by atoms with van der Waals surface area (Å²) in [7, 11) is 0. The quantitative estimate of drug-likeness (QED) is 0.613. The summed E-state index contributed by atoms with van der Waals surface area (Å²) in [6.07, 6.45) is 3.26. The third-order valence-electron chi connectivity index (χ3n) is 2.23. The first-order chi connectivity index (χ1) is 6.68. The number of hydrogen-bond acceptors (Lipinski definition) is 4. The second-order valence-electron chi connectivity index (χ2n) is 3.14. The summed E-state index contributed by atoms with van der Waals surface area (Å²) >= 11 is 4.90. The third kappa shape index (κ3) is 2.01. The van der Waals surface area contributed by atoms with Crippen LogP contribution in [0.1, 0.15) is 0 Å². The molecule has 14 heavy (non-hydrogen) atoms. The van der Waals surface area contributed by atoms with Gasteiger partial charge in [0, 0.05) is 16.9 Å². The number of hydrogen-bond donors (Lipinski definition) is 3. The van der Waals surface area contributed by atoms with E-state index in [1.807, 2.05) is 0 Å². The molecule has 0 spiro atoms. The molecule has 78 valence electrons. The zero-order valence-corrected chi connectivity index (χ0v) is 8.44. The van der Waals surface area contributed by atoms with Crippen molar-refractivity contribution in [3.63, 3.8) is 0 Å². The summed E-state index contributed by atoms with van der Waals surface area (Å²) in [5.41, 5.74) is -1.05. The van der Waals surface area contributed by atoms with Crippen LogP contribution < -0.4 is 0 Å². The summed E-state index contributed by atoms with van der Waals surface area (Å²) in [5, 5.41) is 27.4. The number of pyridine rings is 1. The number of aromatic nitrogens is 1. The van der Waals surface area contributed by atoms with Crippen LogP contribution in [0.3, 0.4) is 0 Å². The van der Waals surface area contributed by atoms with Crippen LogP contribution in [0.4, 0.5) is 0 Å². The number of nitrogens with zero attached hydrogens (tertiary/aromatic N) is 1. The molecule has 1 heterocycles. The van der Waals surface area contributed by atoms with E-state index in [9.17, 15) is 0 Å². The SMILES string of the molecule is OCC(CO)(CO)n1ccc(=S)cc1. The summed E-state index contributed by atoms with van der Waals surface area (Å²) < 4.78 is 2.23. The van der Waals surface area contributed by atoms with E-state index in [2.05, 4.69) is 0 Å². The highest BCUT2D eigenvalue weighted by Crippen LogP contribution is 2.14. The molecule has 0 radical (unpaired) electrons. The molecule has 0 bridgehead atoms. The van der Waals surface area contributed by atoms with Crippen molar-refractivity contribution < 1.29 is 15.3 Å². The van der Waals surface area contributed by atoms with Gasteiger partial charge in [-0.2, -0.15) is 0 Å². The van der Waals surface area contributed by atoms with Crippen molar-refractivity contribution in [1.29, 1.82) is 0 Å². The summed E-state index contributed by atoms with van der Waals surface area (Å²) in [4.78, 5) is 0. The zero-order valence-electron chi connectivity index (χ0n) is 7.63. The van der Waals surface area contributed by atoms with Crippen molar-refractivity contribution in [2.24, 2.45) is 0 Å². The lowest BCUT2D eigenvalue weighted by molar-refractivity contribution is 0.0149. The topological polar surface area (TPSA) is 65.6 Å². The Morgan fingerprint density at radius 2 is 1.50 bits per heavy atom. The van der Waals surface area contributed by atoms with Gasteiger partial charge in [0.1, 0.15) is 5.54 Å². The van der Waals surface area contributed by atoms with E-state index in [1.54, 1.807) is 29.1 Å². The van der Waals surface area contributed by atoms with Crippen molar-refractivity contribution in [3.8, 4) is 0 Å². The molecular weight excluding hydrogens is 202 g/mol. The molecule has 1 aromatic rings. The molecule has 0 aliphatic carbocycles. The predicted octanol–water partition coefficient (Wildman–Crippen LogP) is -0.110. The summed E-state index contributed by atoms with van der Waals surface area (Å²) in [5.74, 6) is 0. The van der Waals surface area contributed by atoms with Crippen molar-refractivity contribution >= 4 is 12.2 Å². The fraction of sp³-hybridized carbons (Fsp3) is 0.444. The van der Waals surface area contributed by atoms with Crippen LogP contribution in [0.5, 0.6) is 0 Å². The lowest BCUT2D eigenvalue weighted by Gasteiger charge is -2.30. The van der Waals surface area contributed by atoms with E-state index in [0.717, 1.165) is 0 Å². The fourth-order valence-corrected chi connectivity index (χ4v) is 1.25. The van der Waals surface area contributed by atoms with Gasteiger partial charge in [0.05, 0.1) is 19.8 Å².